The minimum atomic E-state index is -0.953. The summed E-state index contributed by atoms with van der Waals surface area (Å²) in [5, 5.41) is 11.5. The number of benzene rings is 3. The molecule has 1 saturated heterocycles. The smallest absolute Gasteiger partial charge is 0.302 e. The third kappa shape index (κ3) is 4.10. The van der Waals surface area contributed by atoms with Gasteiger partial charge in [0, 0.05) is 5.56 Å². The number of nitrogens with zero attached hydrogens (tertiary/aromatic N) is 2. The number of H-pyrrole nitrogens is 1. The second-order valence-corrected chi connectivity index (χ2v) is 8.91. The Balaban J connectivity index is 1.77. The maximum absolute atomic E-state index is 13.5. The average molecular weight is 498 g/mol. The van der Waals surface area contributed by atoms with E-state index in [9.17, 15) is 14.7 Å². The Morgan fingerprint density at radius 2 is 1.84 bits per heavy atom. The number of Topliss-reactive ketones (excluding diaryl/α,β-unsaturated/α-hetero) is 1. The van der Waals surface area contributed by atoms with Crippen LogP contribution in [0.2, 0.25) is 0 Å². The molecule has 1 fully saturated rings. The summed E-state index contributed by atoms with van der Waals surface area (Å²) in [5.74, 6) is -0.633. The van der Waals surface area contributed by atoms with E-state index in [0.29, 0.717) is 34.7 Å². The lowest BCUT2D eigenvalue weighted by molar-refractivity contribution is -0.132. The van der Waals surface area contributed by atoms with E-state index in [1.165, 1.54) is 4.90 Å². The molecule has 0 bridgehead atoms. The summed E-state index contributed by atoms with van der Waals surface area (Å²) in [4.78, 5) is 36.1. The van der Waals surface area contributed by atoms with Crippen molar-refractivity contribution in [2.45, 2.75) is 26.8 Å². The van der Waals surface area contributed by atoms with Crippen molar-refractivity contribution < 1.29 is 24.2 Å². The molecule has 1 unspecified atom stereocenters. The molecule has 0 saturated carbocycles. The Labute approximate surface area is 214 Å². The topological polar surface area (TPSA) is 105 Å². The van der Waals surface area contributed by atoms with Gasteiger partial charge >= 0.3 is 5.91 Å². The molecule has 1 atom stereocenters. The maximum atomic E-state index is 13.5. The maximum Gasteiger partial charge on any atom is 0.302 e. The number of carbonyl (C=O) groups is 2. The van der Waals surface area contributed by atoms with Crippen LogP contribution in [0.3, 0.4) is 0 Å². The number of aromatic amines is 1. The van der Waals surface area contributed by atoms with Crippen molar-refractivity contribution in [1.29, 1.82) is 0 Å². The number of amides is 1. The Hall–Kier alpha value is -4.59. The van der Waals surface area contributed by atoms with Gasteiger partial charge in [0.2, 0.25) is 5.95 Å². The number of fused-ring (bicyclic) bond motifs is 1. The summed E-state index contributed by atoms with van der Waals surface area (Å²) in [6.07, 6.45) is 0. The standard InChI is InChI=1S/C29H27N3O5/c1-5-37-23-15-18(12-13-22(23)36-4)25-24(26(33)19-14-16(2)10-11-17(19)3)27(34)28(35)32(25)29-30-20-8-6-7-9-21(20)31-29/h6-15,25,33H,5H2,1-4H3,(H,30,31)/b26-24+. The highest BCUT2D eigenvalue weighted by molar-refractivity contribution is 6.51. The van der Waals surface area contributed by atoms with Gasteiger partial charge < -0.3 is 19.6 Å². The van der Waals surface area contributed by atoms with Crippen LogP contribution in [0.25, 0.3) is 16.8 Å². The fourth-order valence-electron chi connectivity index (χ4n) is 4.69. The normalized spacial score (nSPS) is 17.0. The van der Waals surface area contributed by atoms with Crippen molar-refractivity contribution in [2.75, 3.05) is 18.6 Å². The van der Waals surface area contributed by atoms with E-state index in [4.69, 9.17) is 9.47 Å². The third-order valence-corrected chi connectivity index (χ3v) is 6.50. The number of para-hydroxylation sites is 2. The zero-order valence-electron chi connectivity index (χ0n) is 21.0. The monoisotopic (exact) mass is 497 g/mol. The number of hydrogen-bond donors (Lipinski definition) is 2. The van der Waals surface area contributed by atoms with Gasteiger partial charge in [-0.25, -0.2) is 4.98 Å². The number of carbonyl (C=O) groups excluding carboxylic acids is 2. The Bertz CT molecular complexity index is 1540. The molecule has 37 heavy (non-hydrogen) atoms. The number of aliphatic hydroxyl groups excluding tert-OH is 1. The van der Waals surface area contributed by atoms with Gasteiger partial charge in [-0.2, -0.15) is 0 Å². The van der Waals surface area contributed by atoms with Crippen LogP contribution in [0.4, 0.5) is 5.95 Å². The molecule has 0 spiro atoms. The minimum absolute atomic E-state index is 0.0215. The predicted octanol–water partition coefficient (Wildman–Crippen LogP) is 5.21. The lowest BCUT2D eigenvalue weighted by atomic mass is 9.93. The zero-order valence-corrected chi connectivity index (χ0v) is 21.0. The lowest BCUT2D eigenvalue weighted by Gasteiger charge is -2.24. The number of rotatable bonds is 6. The Morgan fingerprint density at radius 1 is 1.05 bits per heavy atom. The van der Waals surface area contributed by atoms with E-state index >= 15 is 0 Å². The predicted molar refractivity (Wildman–Crippen MR) is 141 cm³/mol. The molecular weight excluding hydrogens is 470 g/mol. The summed E-state index contributed by atoms with van der Waals surface area (Å²) in [6, 6.07) is 17.2. The van der Waals surface area contributed by atoms with Crippen molar-refractivity contribution in [3.8, 4) is 11.5 Å². The SMILES string of the molecule is CCOc1cc(C2/C(=C(\O)c3cc(C)ccc3C)C(=O)C(=O)N2c2nc3ccccc3[nH]2)ccc1OC. The fourth-order valence-corrected chi connectivity index (χ4v) is 4.69. The molecule has 1 aromatic heterocycles. The molecule has 2 N–H and O–H groups in total. The summed E-state index contributed by atoms with van der Waals surface area (Å²) in [7, 11) is 1.54. The Morgan fingerprint density at radius 3 is 2.57 bits per heavy atom. The van der Waals surface area contributed by atoms with Crippen molar-refractivity contribution in [3.05, 3.63) is 88.5 Å². The highest BCUT2D eigenvalue weighted by Gasteiger charge is 2.48. The van der Waals surface area contributed by atoms with Gasteiger partial charge in [0.25, 0.3) is 5.78 Å². The fraction of sp³-hybridized carbons (Fsp3) is 0.207. The number of hydrogen-bond acceptors (Lipinski definition) is 6. The van der Waals surface area contributed by atoms with Crippen LogP contribution in [0.5, 0.6) is 11.5 Å². The number of aliphatic hydroxyl groups is 1. The number of aryl methyl sites for hydroxylation is 2. The molecule has 4 aromatic rings. The van der Waals surface area contributed by atoms with Gasteiger partial charge in [-0.1, -0.05) is 35.9 Å². The van der Waals surface area contributed by atoms with E-state index in [1.807, 2.05) is 57.2 Å². The molecule has 188 valence electrons. The van der Waals surface area contributed by atoms with Crippen LogP contribution in [-0.2, 0) is 9.59 Å². The number of methoxy groups -OCH3 is 1. The van der Waals surface area contributed by atoms with Gasteiger partial charge in [-0.05, 0) is 62.2 Å². The van der Waals surface area contributed by atoms with Crippen LogP contribution < -0.4 is 14.4 Å². The molecule has 2 heterocycles. The zero-order chi connectivity index (χ0) is 26.3. The van der Waals surface area contributed by atoms with Crippen LogP contribution in [0, 0.1) is 13.8 Å². The van der Waals surface area contributed by atoms with Gasteiger partial charge in [0.15, 0.2) is 11.5 Å². The molecule has 0 radical (unpaired) electrons. The summed E-state index contributed by atoms with van der Waals surface area (Å²) >= 11 is 0. The van der Waals surface area contributed by atoms with Crippen LogP contribution >= 0.6 is 0 Å². The van der Waals surface area contributed by atoms with E-state index < -0.39 is 17.7 Å². The van der Waals surface area contributed by atoms with Gasteiger partial charge in [-0.3, -0.25) is 14.5 Å². The van der Waals surface area contributed by atoms with Crippen LogP contribution in [0.1, 0.15) is 35.2 Å². The van der Waals surface area contributed by atoms with E-state index in [2.05, 4.69) is 9.97 Å². The first kappa shape index (κ1) is 24.1. The molecule has 1 amide bonds. The molecule has 8 nitrogen and oxygen atoms in total. The number of ether oxygens (including phenoxy) is 2. The summed E-state index contributed by atoms with van der Waals surface area (Å²) in [6.45, 7) is 6.00. The first-order valence-electron chi connectivity index (χ1n) is 12.0. The van der Waals surface area contributed by atoms with Gasteiger partial charge in [-0.15, -0.1) is 0 Å². The first-order valence-corrected chi connectivity index (χ1v) is 12.0. The number of imidazole rings is 1. The van der Waals surface area contributed by atoms with E-state index in [0.717, 1.165) is 16.6 Å². The molecule has 1 aliphatic rings. The van der Waals surface area contributed by atoms with E-state index in [-0.39, 0.29) is 17.3 Å². The summed E-state index contributed by atoms with van der Waals surface area (Å²) < 4.78 is 11.2. The first-order chi connectivity index (χ1) is 17.8. The van der Waals surface area contributed by atoms with Crippen molar-refractivity contribution in [2.24, 2.45) is 0 Å². The average Bonchev–Trinajstić information content (AvgIpc) is 3.43. The Kier molecular flexibility index (Phi) is 6.17. The highest BCUT2D eigenvalue weighted by Crippen LogP contribution is 2.44. The van der Waals surface area contributed by atoms with Gasteiger partial charge in [0.1, 0.15) is 5.76 Å². The third-order valence-electron chi connectivity index (χ3n) is 6.50. The second kappa shape index (κ2) is 9.46. The van der Waals surface area contributed by atoms with Gasteiger partial charge in [0.05, 0.1) is 36.4 Å². The number of ketones is 1. The molecule has 3 aromatic carbocycles. The summed E-state index contributed by atoms with van der Waals surface area (Å²) in [5.41, 5.74) is 4.10. The molecule has 8 heteroatoms. The molecule has 1 aliphatic heterocycles. The van der Waals surface area contributed by atoms with Crippen molar-refractivity contribution in [3.63, 3.8) is 0 Å². The van der Waals surface area contributed by atoms with Crippen LogP contribution in [0.15, 0.2) is 66.2 Å². The van der Waals surface area contributed by atoms with Crippen LogP contribution in [-0.4, -0.2) is 40.5 Å². The largest absolute Gasteiger partial charge is 0.507 e. The lowest BCUT2D eigenvalue weighted by Crippen LogP contribution is -2.30. The van der Waals surface area contributed by atoms with Crippen molar-refractivity contribution in [1.82, 2.24) is 9.97 Å². The molecule has 5 rings (SSSR count). The number of anilines is 1. The number of nitrogens with one attached hydrogen (secondary N) is 1. The number of aromatic nitrogens is 2. The second-order valence-electron chi connectivity index (χ2n) is 8.91. The molecular formula is C29H27N3O5. The highest BCUT2D eigenvalue weighted by atomic mass is 16.5. The molecule has 0 aliphatic carbocycles. The quantitative estimate of drug-likeness (QED) is 0.215. The minimum Gasteiger partial charge on any atom is -0.507 e. The van der Waals surface area contributed by atoms with E-state index in [1.54, 1.807) is 31.4 Å². The van der Waals surface area contributed by atoms with Crippen molar-refractivity contribution >= 4 is 34.4 Å².